The van der Waals surface area contributed by atoms with Gasteiger partial charge in [-0.3, -0.25) is 0 Å². The molecular formula is CH4LiO3P. The average Bonchev–Trinajstić information content (AvgIpc) is 1.38. The van der Waals surface area contributed by atoms with E-state index in [1.165, 1.54) is 0 Å². The first-order chi connectivity index (χ1) is 2.27. The van der Waals surface area contributed by atoms with Crippen molar-refractivity contribution in [1.29, 1.82) is 0 Å². The van der Waals surface area contributed by atoms with Crippen LogP contribution in [0, 0.1) is 0 Å². The molecule has 0 aromatic rings. The Labute approximate surface area is 49.5 Å². The summed E-state index contributed by atoms with van der Waals surface area (Å²) in [4.78, 5) is 9.12. The van der Waals surface area contributed by atoms with Crippen molar-refractivity contribution in [2.45, 2.75) is 0 Å². The van der Waals surface area contributed by atoms with E-state index in [0.29, 0.717) is 0 Å². The van der Waals surface area contributed by atoms with Crippen molar-refractivity contribution in [3.63, 3.8) is 0 Å². The molecule has 0 aromatic heterocycles. The zero-order valence-electron chi connectivity index (χ0n) is 2.34. The zero-order chi connectivity index (χ0) is 4.28. The van der Waals surface area contributed by atoms with Gasteiger partial charge in [0.2, 0.25) is 0 Å². The first-order valence-electron chi connectivity index (χ1n) is 0.868. The summed E-state index contributed by atoms with van der Waals surface area (Å²) in [6.07, 6.45) is -1.28. The summed E-state index contributed by atoms with van der Waals surface area (Å²) in [5.74, 6) is 0. The monoisotopic (exact) mass is 102 g/mol. The third-order valence-electron chi connectivity index (χ3n) is 0.101. The Kier molecular flexibility index (Phi) is 8.45. The molecule has 6 heavy (non-hydrogen) atoms. The number of hydrogen-bond acceptors (Lipinski definition) is 2. The van der Waals surface area contributed by atoms with E-state index in [1.807, 2.05) is 0 Å². The second kappa shape index (κ2) is 5.30. The van der Waals surface area contributed by atoms with E-state index in [2.05, 4.69) is 4.52 Å². The predicted molar refractivity (Wildman–Crippen MR) is 26.0 cm³/mol. The maximum absolute atomic E-state index is 9.12. The molecule has 0 rings (SSSR count). The van der Waals surface area contributed by atoms with Gasteiger partial charge in [-0.05, 0) is 0 Å². The SMILES string of the molecule is O=C(O)OP.[LiH]. The van der Waals surface area contributed by atoms with Crippen LogP contribution in [0.5, 0.6) is 0 Å². The number of carbonyl (C=O) groups is 1. The first-order valence-corrected chi connectivity index (χ1v) is 1.34. The molecule has 0 fully saturated rings. The zero-order valence-corrected chi connectivity index (χ0v) is 3.50. The van der Waals surface area contributed by atoms with E-state index < -0.39 is 6.16 Å². The molecule has 1 N–H and O–H groups in total. The topological polar surface area (TPSA) is 46.5 Å². The van der Waals surface area contributed by atoms with Gasteiger partial charge in [-0.2, -0.15) is 0 Å². The molecule has 0 saturated heterocycles. The predicted octanol–water partition coefficient (Wildman–Crippen LogP) is -0.177. The Morgan fingerprint density at radius 3 is 2.00 bits per heavy atom. The Morgan fingerprint density at radius 1 is 1.83 bits per heavy atom. The Hall–Kier alpha value is 0.297. The minimum atomic E-state index is -1.28. The normalized spacial score (nSPS) is 5.50. The van der Waals surface area contributed by atoms with Gasteiger partial charge in [-0.1, -0.05) is 0 Å². The third-order valence-corrected chi connectivity index (χ3v) is 0.302. The standard InChI is InChI=1S/CH3O3P.Li.H/c2-1(3)4-5;;/h5H2,(H,2,3);;. The van der Waals surface area contributed by atoms with Crippen molar-refractivity contribution in [1.82, 2.24) is 0 Å². The summed E-state index contributed by atoms with van der Waals surface area (Å²) in [5.41, 5.74) is 0. The third kappa shape index (κ3) is 8.85. The van der Waals surface area contributed by atoms with Gasteiger partial charge in [0.15, 0.2) is 0 Å². The summed E-state index contributed by atoms with van der Waals surface area (Å²) in [5, 5.41) is 7.48. The van der Waals surface area contributed by atoms with Gasteiger partial charge in [0.1, 0.15) is 0 Å². The van der Waals surface area contributed by atoms with Crippen molar-refractivity contribution in [2.24, 2.45) is 0 Å². The van der Waals surface area contributed by atoms with E-state index in [0.717, 1.165) is 0 Å². The van der Waals surface area contributed by atoms with Crippen molar-refractivity contribution >= 4 is 34.5 Å². The van der Waals surface area contributed by atoms with E-state index in [4.69, 9.17) is 9.90 Å². The van der Waals surface area contributed by atoms with E-state index in [9.17, 15) is 0 Å². The Morgan fingerprint density at radius 2 is 2.00 bits per heavy atom. The molecule has 1 unspecified atom stereocenters. The average molecular weight is 102 g/mol. The molecule has 5 heteroatoms. The molecule has 0 aliphatic carbocycles. The molecule has 0 amide bonds. The fourth-order valence-corrected chi connectivity index (χ4v) is 0. The molecule has 3 nitrogen and oxygen atoms in total. The van der Waals surface area contributed by atoms with Crippen molar-refractivity contribution < 1.29 is 14.4 Å². The van der Waals surface area contributed by atoms with Gasteiger partial charge < -0.3 is 9.63 Å². The summed E-state index contributed by atoms with van der Waals surface area (Å²) in [7, 11) is 1.59. The molecule has 0 aliphatic rings. The fraction of sp³-hybridized carbons (Fsp3) is 0. The molecular weight excluding hydrogens is 97.9 g/mol. The Balaban J connectivity index is 0. The van der Waals surface area contributed by atoms with Gasteiger partial charge in [-0.25, -0.2) is 4.79 Å². The van der Waals surface area contributed by atoms with Crippen LogP contribution in [0.4, 0.5) is 4.79 Å². The van der Waals surface area contributed by atoms with Crippen LogP contribution >= 0.6 is 9.47 Å². The molecule has 0 radical (unpaired) electrons. The van der Waals surface area contributed by atoms with Crippen LogP contribution < -0.4 is 0 Å². The quantitative estimate of drug-likeness (QED) is 0.341. The summed E-state index contributed by atoms with van der Waals surface area (Å²) < 4.78 is 3.58. The molecule has 32 valence electrons. The van der Waals surface area contributed by atoms with Crippen molar-refractivity contribution in [3.8, 4) is 0 Å². The van der Waals surface area contributed by atoms with Crippen LogP contribution in [-0.2, 0) is 4.52 Å². The van der Waals surface area contributed by atoms with Crippen LogP contribution in [0.1, 0.15) is 0 Å². The van der Waals surface area contributed by atoms with Crippen molar-refractivity contribution in [2.75, 3.05) is 0 Å². The molecule has 0 aliphatic heterocycles. The van der Waals surface area contributed by atoms with Gasteiger partial charge in [-0.15, -0.1) is 0 Å². The van der Waals surface area contributed by atoms with Gasteiger partial charge in [0.25, 0.3) is 0 Å². The molecule has 1 atom stereocenters. The van der Waals surface area contributed by atoms with E-state index >= 15 is 0 Å². The Bertz CT molecular complexity index is 46.1. The van der Waals surface area contributed by atoms with Crippen LogP contribution in [0.25, 0.3) is 0 Å². The molecule has 0 spiro atoms. The molecule has 0 aromatic carbocycles. The van der Waals surface area contributed by atoms with Crippen LogP contribution in [-0.4, -0.2) is 30.1 Å². The minimum absolute atomic E-state index is 0. The van der Waals surface area contributed by atoms with E-state index in [-0.39, 0.29) is 18.9 Å². The summed E-state index contributed by atoms with van der Waals surface area (Å²) in [6.45, 7) is 0. The van der Waals surface area contributed by atoms with Crippen molar-refractivity contribution in [3.05, 3.63) is 0 Å². The fourth-order valence-electron chi connectivity index (χ4n) is 0. The second-order valence-corrected chi connectivity index (χ2v) is 0.619. The maximum atomic E-state index is 9.12. The van der Waals surface area contributed by atoms with E-state index in [1.54, 1.807) is 9.47 Å². The molecule has 0 heterocycles. The van der Waals surface area contributed by atoms with Gasteiger partial charge in [0.05, 0.1) is 9.47 Å². The van der Waals surface area contributed by atoms with Crippen LogP contribution in [0.3, 0.4) is 0 Å². The summed E-state index contributed by atoms with van der Waals surface area (Å²) in [6, 6.07) is 0. The number of carboxylic acid groups (broad SMARTS) is 1. The molecule has 0 bridgehead atoms. The van der Waals surface area contributed by atoms with Crippen LogP contribution in [0.15, 0.2) is 0 Å². The first kappa shape index (κ1) is 9.57. The second-order valence-electron chi connectivity index (χ2n) is 0.384. The van der Waals surface area contributed by atoms with Gasteiger partial charge in [0, 0.05) is 0 Å². The summed E-state index contributed by atoms with van der Waals surface area (Å²) >= 11 is 0. The molecule has 0 saturated carbocycles. The number of hydrogen-bond donors (Lipinski definition) is 1. The van der Waals surface area contributed by atoms with Crippen LogP contribution in [0.2, 0.25) is 0 Å². The number of rotatable bonds is 0. The van der Waals surface area contributed by atoms with Gasteiger partial charge >= 0.3 is 25.0 Å².